The number of hydrogen-bond donors (Lipinski definition) is 1. The van der Waals surface area contributed by atoms with E-state index in [-0.39, 0.29) is 12.2 Å². The SMILES string of the molecule is CN=Cc1c(-c2cnn(C)c2)[nH]c2nccc(N3CCN(C(=O)OC(C)C)CC3)c12. The Morgan fingerprint density at radius 2 is 2.07 bits per heavy atom. The molecule has 1 aliphatic rings. The second-order valence-electron chi connectivity index (χ2n) is 7.66. The molecule has 3 aromatic heterocycles. The highest BCUT2D eigenvalue weighted by Gasteiger charge is 2.26. The highest BCUT2D eigenvalue weighted by atomic mass is 16.6. The van der Waals surface area contributed by atoms with Gasteiger partial charge >= 0.3 is 6.09 Å². The van der Waals surface area contributed by atoms with Gasteiger partial charge in [0.15, 0.2) is 0 Å². The van der Waals surface area contributed by atoms with E-state index in [4.69, 9.17) is 4.74 Å². The molecular formula is C21H27N7O2. The number of aromatic amines is 1. The fraction of sp³-hybridized carbons (Fsp3) is 0.429. The Hall–Kier alpha value is -3.36. The first-order valence-corrected chi connectivity index (χ1v) is 10.1. The molecule has 9 nitrogen and oxygen atoms in total. The van der Waals surface area contributed by atoms with Crippen LogP contribution in [0.5, 0.6) is 0 Å². The van der Waals surface area contributed by atoms with Crippen molar-refractivity contribution in [3.05, 3.63) is 30.2 Å². The van der Waals surface area contributed by atoms with Gasteiger partial charge in [0.05, 0.1) is 29.1 Å². The van der Waals surface area contributed by atoms with Crippen molar-refractivity contribution in [3.8, 4) is 11.3 Å². The number of piperazine rings is 1. The number of aromatic nitrogens is 4. The molecule has 1 saturated heterocycles. The predicted molar refractivity (Wildman–Crippen MR) is 117 cm³/mol. The summed E-state index contributed by atoms with van der Waals surface area (Å²) in [6.45, 7) is 6.42. The summed E-state index contributed by atoms with van der Waals surface area (Å²) >= 11 is 0. The first-order valence-electron chi connectivity index (χ1n) is 10.1. The molecule has 0 unspecified atom stereocenters. The van der Waals surface area contributed by atoms with Crippen molar-refractivity contribution in [1.29, 1.82) is 0 Å². The molecule has 158 valence electrons. The number of nitrogens with zero attached hydrogens (tertiary/aromatic N) is 6. The molecule has 4 heterocycles. The average Bonchev–Trinajstić information content (AvgIpc) is 3.31. The summed E-state index contributed by atoms with van der Waals surface area (Å²) in [5.74, 6) is 0. The number of amides is 1. The van der Waals surface area contributed by atoms with Gasteiger partial charge in [0.1, 0.15) is 5.65 Å². The van der Waals surface area contributed by atoms with Gasteiger partial charge < -0.3 is 19.5 Å². The van der Waals surface area contributed by atoms with Gasteiger partial charge in [-0.05, 0) is 19.9 Å². The van der Waals surface area contributed by atoms with Crippen molar-refractivity contribution < 1.29 is 9.53 Å². The minimum Gasteiger partial charge on any atom is -0.447 e. The second kappa shape index (κ2) is 8.17. The molecule has 0 aromatic carbocycles. The molecule has 0 radical (unpaired) electrons. The number of aryl methyl sites for hydroxylation is 1. The van der Waals surface area contributed by atoms with E-state index >= 15 is 0 Å². The summed E-state index contributed by atoms with van der Waals surface area (Å²) in [5, 5.41) is 5.32. The van der Waals surface area contributed by atoms with Crippen molar-refractivity contribution in [1.82, 2.24) is 24.6 Å². The van der Waals surface area contributed by atoms with Gasteiger partial charge in [-0.2, -0.15) is 5.10 Å². The van der Waals surface area contributed by atoms with Crippen LogP contribution in [0.25, 0.3) is 22.3 Å². The quantitative estimate of drug-likeness (QED) is 0.669. The van der Waals surface area contributed by atoms with Crippen molar-refractivity contribution in [2.45, 2.75) is 20.0 Å². The molecular weight excluding hydrogens is 382 g/mol. The van der Waals surface area contributed by atoms with Gasteiger partial charge in [-0.15, -0.1) is 0 Å². The largest absolute Gasteiger partial charge is 0.447 e. The lowest BCUT2D eigenvalue weighted by molar-refractivity contribution is 0.0751. The van der Waals surface area contributed by atoms with E-state index in [2.05, 4.69) is 25.0 Å². The molecule has 30 heavy (non-hydrogen) atoms. The molecule has 1 fully saturated rings. The third-order valence-electron chi connectivity index (χ3n) is 5.18. The minimum atomic E-state index is -0.246. The number of ether oxygens (including phenoxy) is 1. The van der Waals surface area contributed by atoms with Crippen LogP contribution in [0.1, 0.15) is 19.4 Å². The molecule has 0 saturated carbocycles. The Balaban J connectivity index is 1.67. The second-order valence-corrected chi connectivity index (χ2v) is 7.66. The van der Waals surface area contributed by atoms with E-state index < -0.39 is 0 Å². The van der Waals surface area contributed by atoms with Crippen LogP contribution in [0.15, 0.2) is 29.6 Å². The summed E-state index contributed by atoms with van der Waals surface area (Å²) in [4.78, 5) is 28.5. The number of carbonyl (C=O) groups is 1. The third kappa shape index (κ3) is 3.74. The lowest BCUT2D eigenvalue weighted by atomic mass is 10.1. The Morgan fingerprint density at radius 3 is 2.70 bits per heavy atom. The minimum absolute atomic E-state index is 0.114. The van der Waals surface area contributed by atoms with Crippen molar-refractivity contribution in [2.75, 3.05) is 38.1 Å². The number of rotatable bonds is 4. The maximum atomic E-state index is 12.2. The van der Waals surface area contributed by atoms with Crippen LogP contribution in [0.3, 0.4) is 0 Å². The summed E-state index contributed by atoms with van der Waals surface area (Å²) in [6, 6.07) is 2.03. The van der Waals surface area contributed by atoms with Crippen LogP contribution in [-0.2, 0) is 11.8 Å². The Kier molecular flexibility index (Phi) is 5.43. The molecule has 0 aliphatic carbocycles. The van der Waals surface area contributed by atoms with E-state index in [1.807, 2.05) is 51.8 Å². The number of nitrogens with one attached hydrogen (secondary N) is 1. The van der Waals surface area contributed by atoms with Crippen molar-refractivity contribution >= 4 is 29.0 Å². The third-order valence-corrected chi connectivity index (χ3v) is 5.18. The zero-order valence-corrected chi connectivity index (χ0v) is 17.8. The van der Waals surface area contributed by atoms with Crippen LogP contribution in [0.4, 0.5) is 10.5 Å². The van der Waals surface area contributed by atoms with Gasteiger partial charge in [-0.3, -0.25) is 9.67 Å². The van der Waals surface area contributed by atoms with Gasteiger partial charge in [-0.1, -0.05) is 0 Å². The van der Waals surface area contributed by atoms with Crippen LogP contribution in [0, 0.1) is 0 Å². The van der Waals surface area contributed by atoms with E-state index in [1.54, 1.807) is 16.6 Å². The van der Waals surface area contributed by atoms with E-state index in [1.165, 1.54) is 0 Å². The standard InChI is InChI=1S/C21H27N7O2/c1-14(2)30-21(29)28-9-7-27(8-10-28)17-5-6-23-20-18(17)16(12-22-3)19(25-20)15-11-24-26(4)13-15/h5-6,11-14H,7-10H2,1-4H3,(H,23,25). The van der Waals surface area contributed by atoms with Crippen LogP contribution >= 0.6 is 0 Å². The highest BCUT2D eigenvalue weighted by molar-refractivity contribution is 6.10. The van der Waals surface area contributed by atoms with E-state index in [0.717, 1.165) is 46.6 Å². The number of carbonyl (C=O) groups excluding carboxylic acids is 1. The summed E-state index contributed by atoms with van der Waals surface area (Å²) in [6.07, 6.45) is 7.11. The molecule has 0 spiro atoms. The molecule has 1 aliphatic heterocycles. The number of hydrogen-bond acceptors (Lipinski definition) is 6. The van der Waals surface area contributed by atoms with E-state index in [9.17, 15) is 4.79 Å². The zero-order chi connectivity index (χ0) is 21.3. The number of H-pyrrole nitrogens is 1. The topological polar surface area (TPSA) is 91.6 Å². The Morgan fingerprint density at radius 1 is 1.30 bits per heavy atom. The maximum absolute atomic E-state index is 12.2. The Labute approximate surface area is 175 Å². The van der Waals surface area contributed by atoms with Gasteiger partial charge in [0.25, 0.3) is 0 Å². The first kappa shape index (κ1) is 19.9. The average molecular weight is 409 g/mol. The van der Waals surface area contributed by atoms with Crippen LogP contribution in [0.2, 0.25) is 0 Å². The molecule has 1 amide bonds. The van der Waals surface area contributed by atoms with E-state index in [0.29, 0.717) is 13.1 Å². The molecule has 0 bridgehead atoms. The van der Waals surface area contributed by atoms with Gasteiger partial charge in [0, 0.05) is 70.0 Å². The number of fused-ring (bicyclic) bond motifs is 1. The zero-order valence-electron chi connectivity index (χ0n) is 17.8. The summed E-state index contributed by atoms with van der Waals surface area (Å²) in [7, 11) is 3.66. The number of anilines is 1. The van der Waals surface area contributed by atoms with Crippen molar-refractivity contribution in [2.24, 2.45) is 12.0 Å². The molecule has 3 aromatic rings. The Bertz CT molecular complexity index is 1070. The monoisotopic (exact) mass is 409 g/mol. The smallest absolute Gasteiger partial charge is 0.410 e. The van der Waals surface area contributed by atoms with Crippen LogP contribution in [-0.4, -0.2) is 76.3 Å². The first-order chi connectivity index (χ1) is 14.5. The summed E-state index contributed by atoms with van der Waals surface area (Å²) in [5.41, 5.74) is 4.81. The summed E-state index contributed by atoms with van der Waals surface area (Å²) < 4.78 is 7.11. The fourth-order valence-corrected chi connectivity index (χ4v) is 3.83. The normalized spacial score (nSPS) is 15.0. The number of pyridine rings is 1. The lowest BCUT2D eigenvalue weighted by Gasteiger charge is -2.36. The molecule has 1 N–H and O–H groups in total. The highest BCUT2D eigenvalue weighted by Crippen LogP contribution is 2.34. The maximum Gasteiger partial charge on any atom is 0.410 e. The number of aliphatic imine (C=N–C) groups is 1. The molecule has 9 heteroatoms. The van der Waals surface area contributed by atoms with Gasteiger partial charge in [-0.25, -0.2) is 9.78 Å². The van der Waals surface area contributed by atoms with Crippen molar-refractivity contribution in [3.63, 3.8) is 0 Å². The van der Waals surface area contributed by atoms with Gasteiger partial charge in [0.2, 0.25) is 0 Å². The van der Waals surface area contributed by atoms with Crippen LogP contribution < -0.4 is 4.90 Å². The molecule has 4 rings (SSSR count). The fourth-order valence-electron chi connectivity index (χ4n) is 3.83. The molecule has 0 atom stereocenters. The lowest BCUT2D eigenvalue weighted by Crippen LogP contribution is -2.49. The predicted octanol–water partition coefficient (Wildman–Crippen LogP) is 2.68.